The monoisotopic (exact) mass is 210 g/mol. The quantitative estimate of drug-likeness (QED) is 0.752. The van der Waals surface area contributed by atoms with E-state index < -0.39 is 0 Å². The fourth-order valence-electron chi connectivity index (χ4n) is 3.66. The van der Waals surface area contributed by atoms with Crippen molar-refractivity contribution < 1.29 is 0 Å². The van der Waals surface area contributed by atoms with Crippen LogP contribution in [-0.2, 0) is 0 Å². The van der Waals surface area contributed by atoms with E-state index in [1.807, 2.05) is 0 Å². The van der Waals surface area contributed by atoms with Crippen molar-refractivity contribution in [2.45, 2.75) is 58.0 Å². The highest BCUT2D eigenvalue weighted by atomic mass is 15.2. The second-order valence-corrected chi connectivity index (χ2v) is 5.96. The van der Waals surface area contributed by atoms with Gasteiger partial charge in [-0.2, -0.15) is 0 Å². The average molecular weight is 210 g/mol. The molecule has 2 atom stereocenters. The van der Waals surface area contributed by atoms with Crippen LogP contribution in [0.15, 0.2) is 0 Å². The van der Waals surface area contributed by atoms with Crippen LogP contribution in [0.5, 0.6) is 0 Å². The molecule has 2 unspecified atom stereocenters. The van der Waals surface area contributed by atoms with E-state index >= 15 is 0 Å². The van der Waals surface area contributed by atoms with Crippen molar-refractivity contribution in [1.29, 1.82) is 0 Å². The van der Waals surface area contributed by atoms with Gasteiger partial charge in [0.1, 0.15) is 0 Å². The van der Waals surface area contributed by atoms with Gasteiger partial charge < -0.3 is 5.32 Å². The fraction of sp³-hybridized carbons (Fsp3) is 1.00. The van der Waals surface area contributed by atoms with E-state index in [-0.39, 0.29) is 0 Å². The molecule has 0 aromatic heterocycles. The summed E-state index contributed by atoms with van der Waals surface area (Å²) >= 11 is 0. The second-order valence-electron chi connectivity index (χ2n) is 5.96. The molecule has 15 heavy (non-hydrogen) atoms. The van der Waals surface area contributed by atoms with Crippen LogP contribution in [-0.4, -0.2) is 37.1 Å². The molecule has 1 saturated carbocycles. The predicted octanol–water partition coefficient (Wildman–Crippen LogP) is 2.25. The van der Waals surface area contributed by atoms with Crippen LogP contribution < -0.4 is 5.32 Å². The topological polar surface area (TPSA) is 15.3 Å². The number of nitrogens with zero attached hydrogens (tertiary/aromatic N) is 1. The molecule has 0 radical (unpaired) electrons. The lowest BCUT2D eigenvalue weighted by atomic mass is 9.70. The molecule has 1 N–H and O–H groups in total. The van der Waals surface area contributed by atoms with Crippen LogP contribution in [0.25, 0.3) is 0 Å². The normalized spacial score (nSPS) is 37.0. The smallest absolute Gasteiger partial charge is 0.0271 e. The van der Waals surface area contributed by atoms with Gasteiger partial charge >= 0.3 is 0 Å². The summed E-state index contributed by atoms with van der Waals surface area (Å²) < 4.78 is 0. The molecule has 2 rings (SSSR count). The first-order chi connectivity index (χ1) is 7.15. The number of rotatable bonds is 2. The van der Waals surface area contributed by atoms with Gasteiger partial charge in [-0.05, 0) is 51.2 Å². The summed E-state index contributed by atoms with van der Waals surface area (Å²) in [7, 11) is 2.14. The van der Waals surface area contributed by atoms with Crippen LogP contribution in [0, 0.1) is 5.41 Å². The van der Waals surface area contributed by atoms with E-state index in [1.54, 1.807) is 0 Å². The summed E-state index contributed by atoms with van der Waals surface area (Å²) in [5, 5.41) is 3.58. The summed E-state index contributed by atoms with van der Waals surface area (Å²) in [6.07, 6.45) is 7.00. The van der Waals surface area contributed by atoms with Crippen molar-refractivity contribution >= 4 is 0 Å². The molecule has 2 heteroatoms. The molecule has 1 aliphatic heterocycles. The zero-order valence-electron chi connectivity index (χ0n) is 10.6. The molecule has 0 aromatic rings. The molecule has 1 heterocycles. The SMILES string of the molecule is CNC1C(N2CCCC2)CCCC1(C)C. The lowest BCUT2D eigenvalue weighted by molar-refractivity contribution is 0.0661. The molecule has 0 aromatic carbocycles. The van der Waals surface area contributed by atoms with Crippen molar-refractivity contribution in [3.8, 4) is 0 Å². The predicted molar refractivity (Wildman–Crippen MR) is 65.1 cm³/mol. The van der Waals surface area contributed by atoms with E-state index in [0.717, 1.165) is 6.04 Å². The van der Waals surface area contributed by atoms with Gasteiger partial charge in [0, 0.05) is 12.1 Å². The standard InChI is InChI=1S/C13H26N2/c1-13(2)8-6-7-11(12(13)14-3)15-9-4-5-10-15/h11-12,14H,4-10H2,1-3H3. The Morgan fingerprint density at radius 3 is 2.40 bits per heavy atom. The van der Waals surface area contributed by atoms with Crippen molar-refractivity contribution in [1.82, 2.24) is 10.2 Å². The van der Waals surface area contributed by atoms with Gasteiger partial charge in [-0.25, -0.2) is 0 Å². The maximum Gasteiger partial charge on any atom is 0.0271 e. The minimum absolute atomic E-state index is 0.472. The van der Waals surface area contributed by atoms with Crippen LogP contribution in [0.1, 0.15) is 46.0 Å². The average Bonchev–Trinajstić information content (AvgIpc) is 2.68. The van der Waals surface area contributed by atoms with E-state index in [0.29, 0.717) is 11.5 Å². The summed E-state index contributed by atoms with van der Waals surface area (Å²) in [4.78, 5) is 2.72. The summed E-state index contributed by atoms with van der Waals surface area (Å²) in [5.74, 6) is 0. The van der Waals surface area contributed by atoms with Gasteiger partial charge in [-0.1, -0.05) is 20.3 Å². The zero-order chi connectivity index (χ0) is 10.9. The Morgan fingerprint density at radius 2 is 1.80 bits per heavy atom. The third-order valence-electron chi connectivity index (χ3n) is 4.47. The molecule has 88 valence electrons. The van der Waals surface area contributed by atoms with E-state index in [1.165, 1.54) is 45.2 Å². The Kier molecular flexibility index (Phi) is 3.36. The molecular formula is C13H26N2. The van der Waals surface area contributed by atoms with Gasteiger partial charge in [0.05, 0.1) is 0 Å². The first-order valence-corrected chi connectivity index (χ1v) is 6.56. The molecule has 2 nitrogen and oxygen atoms in total. The highest BCUT2D eigenvalue weighted by Gasteiger charge is 2.40. The maximum absolute atomic E-state index is 3.58. The number of nitrogens with one attached hydrogen (secondary N) is 1. The first-order valence-electron chi connectivity index (χ1n) is 6.56. The Labute approximate surface area is 94.4 Å². The minimum Gasteiger partial charge on any atom is -0.315 e. The van der Waals surface area contributed by atoms with Crippen molar-refractivity contribution in [2.24, 2.45) is 5.41 Å². The fourth-order valence-corrected chi connectivity index (χ4v) is 3.66. The maximum atomic E-state index is 3.58. The third kappa shape index (κ3) is 2.21. The van der Waals surface area contributed by atoms with Crippen LogP contribution in [0.2, 0.25) is 0 Å². The van der Waals surface area contributed by atoms with Gasteiger partial charge in [0.15, 0.2) is 0 Å². The summed E-state index contributed by atoms with van der Waals surface area (Å²) in [5.41, 5.74) is 0.472. The van der Waals surface area contributed by atoms with Crippen molar-refractivity contribution in [2.75, 3.05) is 20.1 Å². The molecule has 0 spiro atoms. The van der Waals surface area contributed by atoms with E-state index in [4.69, 9.17) is 0 Å². The number of likely N-dealkylation sites (N-methyl/N-ethyl adjacent to an activating group) is 1. The van der Waals surface area contributed by atoms with Gasteiger partial charge in [0.25, 0.3) is 0 Å². The van der Waals surface area contributed by atoms with Gasteiger partial charge in [0.2, 0.25) is 0 Å². The molecule has 1 aliphatic carbocycles. The Bertz CT molecular complexity index is 207. The molecule has 2 aliphatic rings. The van der Waals surface area contributed by atoms with Gasteiger partial charge in [-0.15, -0.1) is 0 Å². The first kappa shape index (κ1) is 11.4. The van der Waals surface area contributed by atoms with E-state index in [9.17, 15) is 0 Å². The summed E-state index contributed by atoms with van der Waals surface area (Å²) in [6.45, 7) is 7.52. The highest BCUT2D eigenvalue weighted by molar-refractivity contribution is 4.98. The van der Waals surface area contributed by atoms with E-state index in [2.05, 4.69) is 31.1 Å². The Morgan fingerprint density at radius 1 is 1.13 bits per heavy atom. The number of likely N-dealkylation sites (tertiary alicyclic amines) is 1. The van der Waals surface area contributed by atoms with Crippen LogP contribution in [0.4, 0.5) is 0 Å². The Hall–Kier alpha value is -0.0800. The highest BCUT2D eigenvalue weighted by Crippen LogP contribution is 2.38. The molecule has 2 fully saturated rings. The van der Waals surface area contributed by atoms with Crippen molar-refractivity contribution in [3.63, 3.8) is 0 Å². The molecule has 0 amide bonds. The lowest BCUT2D eigenvalue weighted by Gasteiger charge is -2.47. The largest absolute Gasteiger partial charge is 0.315 e. The van der Waals surface area contributed by atoms with Crippen molar-refractivity contribution in [3.05, 3.63) is 0 Å². The summed E-state index contributed by atoms with van der Waals surface area (Å²) in [6, 6.07) is 1.48. The Balaban J connectivity index is 2.08. The molecular weight excluding hydrogens is 184 g/mol. The van der Waals surface area contributed by atoms with Crippen LogP contribution >= 0.6 is 0 Å². The third-order valence-corrected chi connectivity index (χ3v) is 4.47. The number of hydrogen-bond donors (Lipinski definition) is 1. The minimum atomic E-state index is 0.472. The zero-order valence-corrected chi connectivity index (χ0v) is 10.6. The van der Waals surface area contributed by atoms with Crippen LogP contribution in [0.3, 0.4) is 0 Å². The molecule has 0 bridgehead atoms. The van der Waals surface area contributed by atoms with Gasteiger partial charge in [-0.3, -0.25) is 4.90 Å². The lowest BCUT2D eigenvalue weighted by Crippen LogP contribution is -2.57. The second kappa shape index (κ2) is 4.42. The number of hydrogen-bond acceptors (Lipinski definition) is 2. The molecule has 1 saturated heterocycles.